The Morgan fingerprint density at radius 2 is 1.92 bits per heavy atom. The van der Waals surface area contributed by atoms with Gasteiger partial charge in [-0.05, 0) is 36.8 Å². The molecule has 1 N–H and O–H groups in total. The number of ether oxygens (including phenoxy) is 2. The van der Waals surface area contributed by atoms with Gasteiger partial charge in [0.15, 0.2) is 13.2 Å². The summed E-state index contributed by atoms with van der Waals surface area (Å²) in [6, 6.07) is 9.89. The van der Waals surface area contributed by atoms with Crippen molar-refractivity contribution in [3.05, 3.63) is 63.9 Å². The SMILES string of the molecule is C[C@H](NC(=O)COC(=O)COc1cccc(F)c1)c1ccc(Cl)cc1Cl. The minimum Gasteiger partial charge on any atom is -0.482 e. The average Bonchev–Trinajstić information content (AvgIpc) is 2.58. The minimum absolute atomic E-state index is 0.192. The Hall–Kier alpha value is -2.31. The molecule has 0 fully saturated rings. The van der Waals surface area contributed by atoms with Crippen molar-refractivity contribution < 1.29 is 23.5 Å². The zero-order valence-corrected chi connectivity index (χ0v) is 15.3. The van der Waals surface area contributed by atoms with E-state index < -0.39 is 36.9 Å². The highest BCUT2D eigenvalue weighted by Gasteiger charge is 2.15. The normalized spacial score (nSPS) is 11.5. The van der Waals surface area contributed by atoms with Crippen molar-refractivity contribution >= 4 is 35.1 Å². The number of esters is 1. The summed E-state index contributed by atoms with van der Waals surface area (Å²) < 4.78 is 22.9. The highest BCUT2D eigenvalue weighted by atomic mass is 35.5. The summed E-state index contributed by atoms with van der Waals surface area (Å²) in [6.45, 7) is 0.831. The largest absolute Gasteiger partial charge is 0.482 e. The van der Waals surface area contributed by atoms with E-state index in [1.54, 1.807) is 25.1 Å². The third-order valence-electron chi connectivity index (χ3n) is 3.32. The molecule has 0 aliphatic rings. The molecule has 1 atom stereocenters. The molecule has 0 saturated carbocycles. The van der Waals surface area contributed by atoms with Crippen LogP contribution in [-0.4, -0.2) is 25.1 Å². The first-order valence-electron chi connectivity index (χ1n) is 7.63. The van der Waals surface area contributed by atoms with Crippen molar-refractivity contribution in [1.29, 1.82) is 0 Å². The van der Waals surface area contributed by atoms with Gasteiger partial charge >= 0.3 is 5.97 Å². The van der Waals surface area contributed by atoms with Gasteiger partial charge < -0.3 is 14.8 Å². The number of amides is 1. The van der Waals surface area contributed by atoms with Crippen LogP contribution in [0.3, 0.4) is 0 Å². The second kappa shape index (κ2) is 9.40. The predicted molar refractivity (Wildman–Crippen MR) is 95.9 cm³/mol. The van der Waals surface area contributed by atoms with E-state index in [0.717, 1.165) is 6.07 Å². The third-order valence-corrected chi connectivity index (χ3v) is 3.89. The first-order valence-corrected chi connectivity index (χ1v) is 8.39. The zero-order chi connectivity index (χ0) is 19.1. The molecule has 0 unspecified atom stereocenters. The van der Waals surface area contributed by atoms with Crippen LogP contribution in [0.1, 0.15) is 18.5 Å². The van der Waals surface area contributed by atoms with Crippen LogP contribution in [-0.2, 0) is 14.3 Å². The lowest BCUT2D eigenvalue weighted by Crippen LogP contribution is -2.32. The number of benzene rings is 2. The summed E-state index contributed by atoms with van der Waals surface area (Å²) in [7, 11) is 0. The molecule has 0 bridgehead atoms. The molecule has 0 aromatic heterocycles. The molecule has 0 spiro atoms. The zero-order valence-electron chi connectivity index (χ0n) is 13.8. The maximum absolute atomic E-state index is 13.0. The number of carbonyl (C=O) groups excluding carboxylic acids is 2. The number of carbonyl (C=O) groups is 2. The van der Waals surface area contributed by atoms with Crippen LogP contribution >= 0.6 is 23.2 Å². The third kappa shape index (κ3) is 6.20. The smallest absolute Gasteiger partial charge is 0.344 e. The quantitative estimate of drug-likeness (QED) is 0.716. The molecule has 0 saturated heterocycles. The molecular formula is C18H16Cl2FNO4. The van der Waals surface area contributed by atoms with Crippen molar-refractivity contribution in [2.45, 2.75) is 13.0 Å². The molecule has 26 heavy (non-hydrogen) atoms. The van der Waals surface area contributed by atoms with E-state index in [0.29, 0.717) is 15.6 Å². The molecule has 0 radical (unpaired) electrons. The van der Waals surface area contributed by atoms with Crippen LogP contribution in [0, 0.1) is 5.82 Å². The van der Waals surface area contributed by atoms with Crippen LogP contribution in [0.5, 0.6) is 5.75 Å². The second-order valence-corrected chi connectivity index (χ2v) is 6.21. The van der Waals surface area contributed by atoms with E-state index >= 15 is 0 Å². The lowest BCUT2D eigenvalue weighted by molar-refractivity contribution is -0.150. The molecular weight excluding hydrogens is 384 g/mol. The van der Waals surface area contributed by atoms with Gasteiger partial charge in [-0.1, -0.05) is 35.3 Å². The Balaban J connectivity index is 1.76. The molecule has 0 heterocycles. The van der Waals surface area contributed by atoms with Crippen LogP contribution in [0.4, 0.5) is 4.39 Å². The summed E-state index contributed by atoms with van der Waals surface area (Å²) in [5.41, 5.74) is 0.685. The number of rotatable bonds is 7. The maximum Gasteiger partial charge on any atom is 0.344 e. The fourth-order valence-electron chi connectivity index (χ4n) is 2.10. The van der Waals surface area contributed by atoms with Crippen molar-refractivity contribution in [3.8, 4) is 5.75 Å². The molecule has 138 valence electrons. The van der Waals surface area contributed by atoms with E-state index in [-0.39, 0.29) is 5.75 Å². The van der Waals surface area contributed by atoms with E-state index in [1.165, 1.54) is 18.2 Å². The number of hydrogen-bond donors (Lipinski definition) is 1. The predicted octanol–water partition coefficient (Wildman–Crippen LogP) is 3.93. The fraction of sp³-hybridized carbons (Fsp3) is 0.222. The molecule has 2 rings (SSSR count). The Morgan fingerprint density at radius 3 is 2.62 bits per heavy atom. The van der Waals surface area contributed by atoms with E-state index in [4.69, 9.17) is 32.7 Å². The highest BCUT2D eigenvalue weighted by molar-refractivity contribution is 6.35. The van der Waals surface area contributed by atoms with Crippen LogP contribution in [0.15, 0.2) is 42.5 Å². The molecule has 0 aliphatic carbocycles. The van der Waals surface area contributed by atoms with Crippen LogP contribution in [0.25, 0.3) is 0 Å². The van der Waals surface area contributed by atoms with Gasteiger partial charge in [-0.3, -0.25) is 4.79 Å². The summed E-state index contributed by atoms with van der Waals surface area (Å²) in [6.07, 6.45) is 0. The molecule has 8 heteroatoms. The Bertz CT molecular complexity index is 801. The molecule has 1 amide bonds. The summed E-state index contributed by atoms with van der Waals surface area (Å²) >= 11 is 11.9. The Labute approximate surface area is 160 Å². The summed E-state index contributed by atoms with van der Waals surface area (Å²) in [5.74, 6) is -1.54. The van der Waals surface area contributed by atoms with E-state index in [9.17, 15) is 14.0 Å². The monoisotopic (exact) mass is 399 g/mol. The first kappa shape index (κ1) is 20.0. The van der Waals surface area contributed by atoms with E-state index in [2.05, 4.69) is 5.32 Å². The van der Waals surface area contributed by atoms with Gasteiger partial charge in [0.2, 0.25) is 0 Å². The lowest BCUT2D eigenvalue weighted by Gasteiger charge is -2.16. The molecule has 5 nitrogen and oxygen atoms in total. The maximum atomic E-state index is 13.0. The topological polar surface area (TPSA) is 64.6 Å². The summed E-state index contributed by atoms with van der Waals surface area (Å²) in [4.78, 5) is 23.5. The van der Waals surface area contributed by atoms with Crippen molar-refractivity contribution in [3.63, 3.8) is 0 Å². The van der Waals surface area contributed by atoms with Gasteiger partial charge in [-0.15, -0.1) is 0 Å². The fourth-order valence-corrected chi connectivity index (χ4v) is 2.67. The Morgan fingerprint density at radius 1 is 1.15 bits per heavy atom. The van der Waals surface area contributed by atoms with Crippen molar-refractivity contribution in [1.82, 2.24) is 5.32 Å². The second-order valence-electron chi connectivity index (χ2n) is 5.36. The minimum atomic E-state index is -0.749. The highest BCUT2D eigenvalue weighted by Crippen LogP contribution is 2.25. The van der Waals surface area contributed by atoms with Gasteiger partial charge in [-0.2, -0.15) is 0 Å². The molecule has 2 aromatic carbocycles. The van der Waals surface area contributed by atoms with E-state index in [1.807, 2.05) is 0 Å². The molecule has 2 aromatic rings. The van der Waals surface area contributed by atoms with Gasteiger partial charge in [0.05, 0.1) is 6.04 Å². The van der Waals surface area contributed by atoms with Gasteiger partial charge in [-0.25, -0.2) is 9.18 Å². The van der Waals surface area contributed by atoms with Crippen molar-refractivity contribution in [2.24, 2.45) is 0 Å². The lowest BCUT2D eigenvalue weighted by atomic mass is 10.1. The van der Waals surface area contributed by atoms with Gasteiger partial charge in [0.25, 0.3) is 5.91 Å². The number of halogens is 3. The Kier molecular flexibility index (Phi) is 7.24. The average molecular weight is 400 g/mol. The van der Waals surface area contributed by atoms with Crippen LogP contribution < -0.4 is 10.1 Å². The van der Waals surface area contributed by atoms with Crippen LogP contribution in [0.2, 0.25) is 10.0 Å². The summed E-state index contributed by atoms with van der Waals surface area (Å²) in [5, 5.41) is 3.57. The van der Waals surface area contributed by atoms with Gasteiger partial charge in [0.1, 0.15) is 11.6 Å². The van der Waals surface area contributed by atoms with Crippen molar-refractivity contribution in [2.75, 3.05) is 13.2 Å². The standard InChI is InChI=1S/C18H16Cl2FNO4/c1-11(15-6-5-12(19)7-16(15)20)22-17(23)9-26-18(24)10-25-14-4-2-3-13(21)8-14/h2-8,11H,9-10H2,1H3,(H,22,23)/t11-/m0/s1. The number of nitrogens with one attached hydrogen (secondary N) is 1. The number of hydrogen-bond acceptors (Lipinski definition) is 4. The molecule has 0 aliphatic heterocycles. The first-order chi connectivity index (χ1) is 12.3. The van der Waals surface area contributed by atoms with Gasteiger partial charge in [0, 0.05) is 16.1 Å².